The summed E-state index contributed by atoms with van der Waals surface area (Å²) in [6.45, 7) is 2.01. The average Bonchev–Trinajstić information content (AvgIpc) is 1.68. The molecule has 0 heterocycles. The van der Waals surface area contributed by atoms with Crippen LogP contribution in [0.1, 0.15) is 22.6 Å². The Bertz CT molecular complexity index is 72.7. The van der Waals surface area contributed by atoms with E-state index in [9.17, 15) is 4.79 Å². The van der Waals surface area contributed by atoms with E-state index >= 15 is 0 Å². The van der Waals surface area contributed by atoms with E-state index in [4.69, 9.17) is 0 Å². The minimum atomic E-state index is 0. The first-order chi connectivity index (χ1) is 3.31. The van der Waals surface area contributed by atoms with Crippen molar-refractivity contribution in [1.82, 2.24) is 0 Å². The molecule has 0 aromatic heterocycles. The van der Waals surface area contributed by atoms with Gasteiger partial charge in [-0.1, -0.05) is 18.7 Å². The summed E-state index contributed by atoms with van der Waals surface area (Å²) in [5.74, 6) is 0. The van der Waals surface area contributed by atoms with Gasteiger partial charge in [0, 0.05) is 6.42 Å². The maximum Gasteiger partial charge on any atom is 2.00 e. The van der Waals surface area contributed by atoms with Crippen molar-refractivity contribution in [3.63, 3.8) is 0 Å². The molecule has 0 rings (SSSR count). The van der Waals surface area contributed by atoms with Gasteiger partial charge in [-0.2, -0.15) is 0 Å². The van der Waals surface area contributed by atoms with Crippen molar-refractivity contribution in [2.45, 2.75) is 19.8 Å². The van der Waals surface area contributed by atoms with Crippen LogP contribution in [0.2, 0.25) is 0 Å². The van der Waals surface area contributed by atoms with E-state index in [1.165, 1.54) is 11.8 Å². The zero-order valence-electron chi connectivity index (χ0n) is 7.44. The first-order valence-electron chi connectivity index (χ1n) is 2.38. The van der Waals surface area contributed by atoms with Gasteiger partial charge < -0.3 is 2.85 Å². The molecule has 1 nitrogen and oxygen atoms in total. The van der Waals surface area contributed by atoms with E-state index in [1.54, 1.807) is 0 Å². The summed E-state index contributed by atoms with van der Waals surface area (Å²) in [4.78, 5) is 10.4. The molecule has 46 valence electrons. The Morgan fingerprint density at radius 2 is 2.25 bits per heavy atom. The van der Waals surface area contributed by atoms with Gasteiger partial charge in [-0.15, -0.1) is 0 Å². The number of hydrogen-bond donors (Lipinski definition) is 0. The number of carbonyl (C=O) groups excluding carboxylic acids is 1. The largest absolute Gasteiger partial charge is 2.00 e. The van der Waals surface area contributed by atoms with Crippen LogP contribution in [0, 0.1) is 0 Å². The predicted molar refractivity (Wildman–Crippen MR) is 41.4 cm³/mol. The Balaban J connectivity index is -0.0000000600. The average molecular weight is 160 g/mol. The monoisotopic (exact) mass is 160 g/mol. The van der Waals surface area contributed by atoms with Gasteiger partial charge in [0.25, 0.3) is 0 Å². The summed E-state index contributed by atoms with van der Waals surface area (Å²) in [7, 11) is 0. The smallest absolute Gasteiger partial charge is 1.00 e. The van der Waals surface area contributed by atoms with Gasteiger partial charge in [-0.25, -0.2) is 0 Å². The fourth-order valence-electron chi connectivity index (χ4n) is 0.306. The molecule has 0 spiro atoms. The van der Waals surface area contributed by atoms with Crippen LogP contribution in [0.15, 0.2) is 0 Å². The third kappa shape index (κ3) is 7.28. The third-order valence-electron chi connectivity index (χ3n) is 0.682. The fraction of sp³-hybridized carbons (Fsp3) is 0.800. The second-order valence-corrected chi connectivity index (χ2v) is 2.19. The van der Waals surface area contributed by atoms with Crippen molar-refractivity contribution in [2.75, 3.05) is 6.26 Å². The summed E-state index contributed by atoms with van der Waals surface area (Å²) in [5.41, 5.74) is 0. The van der Waals surface area contributed by atoms with Crippen LogP contribution in [0.4, 0.5) is 0 Å². The van der Waals surface area contributed by atoms with E-state index in [2.05, 4.69) is 0 Å². The number of rotatable bonds is 2. The van der Waals surface area contributed by atoms with Crippen LogP contribution >= 0.6 is 11.8 Å². The van der Waals surface area contributed by atoms with Crippen LogP contribution in [0.5, 0.6) is 0 Å². The second-order valence-electron chi connectivity index (χ2n) is 1.33. The SMILES string of the molecule is CCCC(=O)SC.[Ca+2].[H-].[H-]. The van der Waals surface area contributed by atoms with Crippen LogP contribution in [0.25, 0.3) is 0 Å². The van der Waals surface area contributed by atoms with Crippen LogP contribution in [0.3, 0.4) is 0 Å². The fourth-order valence-corrected chi connectivity index (χ4v) is 0.714. The van der Waals surface area contributed by atoms with Gasteiger partial charge in [0.2, 0.25) is 0 Å². The molecule has 0 amide bonds. The standard InChI is InChI=1S/C5H10OS.Ca.2H/c1-3-4-5(6)7-2;;;/h3-4H2,1-2H3;;;/q;+2;2*-1. The number of carbonyl (C=O) groups is 1. The molecular formula is C5H12CaOS. The van der Waals surface area contributed by atoms with Gasteiger partial charge >= 0.3 is 37.7 Å². The molecule has 0 aromatic carbocycles. The van der Waals surface area contributed by atoms with Gasteiger partial charge in [0.05, 0.1) is 0 Å². The molecule has 0 saturated heterocycles. The van der Waals surface area contributed by atoms with Crippen LogP contribution in [-0.2, 0) is 4.79 Å². The zero-order valence-corrected chi connectivity index (χ0v) is 8.46. The van der Waals surface area contributed by atoms with Crippen molar-refractivity contribution in [3.05, 3.63) is 0 Å². The summed E-state index contributed by atoms with van der Waals surface area (Å²) >= 11 is 1.31. The zero-order chi connectivity index (χ0) is 5.70. The van der Waals surface area contributed by atoms with E-state index in [0.717, 1.165) is 12.8 Å². The molecule has 0 N–H and O–H groups in total. The Labute approximate surface area is 87.6 Å². The van der Waals surface area contributed by atoms with Crippen LogP contribution in [-0.4, -0.2) is 49.1 Å². The molecule has 0 saturated carbocycles. The normalized spacial score (nSPS) is 7.75. The van der Waals surface area contributed by atoms with Crippen LogP contribution < -0.4 is 0 Å². The first kappa shape index (κ1) is 12.0. The molecule has 0 radical (unpaired) electrons. The molecule has 0 aromatic rings. The summed E-state index contributed by atoms with van der Waals surface area (Å²) in [5, 5.41) is 0.294. The predicted octanol–water partition coefficient (Wildman–Crippen LogP) is 1.52. The van der Waals surface area contributed by atoms with Gasteiger partial charge in [0.1, 0.15) is 0 Å². The maximum absolute atomic E-state index is 10.4. The minimum Gasteiger partial charge on any atom is -1.00 e. The first-order valence-corrected chi connectivity index (χ1v) is 3.60. The maximum atomic E-state index is 10.4. The quantitative estimate of drug-likeness (QED) is 0.570. The topological polar surface area (TPSA) is 17.1 Å². The molecule has 0 atom stereocenters. The minimum absolute atomic E-state index is 0. The molecule has 0 aliphatic rings. The Morgan fingerprint density at radius 1 is 1.75 bits per heavy atom. The van der Waals surface area contributed by atoms with E-state index in [0.29, 0.717) is 5.12 Å². The molecule has 0 bridgehead atoms. The van der Waals surface area contributed by atoms with Gasteiger partial charge in [-0.05, 0) is 12.7 Å². The summed E-state index contributed by atoms with van der Waals surface area (Å²) < 4.78 is 0. The third-order valence-corrected chi connectivity index (χ3v) is 1.34. The molecule has 3 heteroatoms. The van der Waals surface area contributed by atoms with E-state index in [-0.39, 0.29) is 40.6 Å². The Hall–Kier alpha value is 1.28. The Kier molecular flexibility index (Phi) is 12.4. The van der Waals surface area contributed by atoms with Crippen molar-refractivity contribution < 1.29 is 7.65 Å². The summed E-state index contributed by atoms with van der Waals surface area (Å²) in [6.07, 6.45) is 3.51. The van der Waals surface area contributed by atoms with Gasteiger partial charge in [-0.3, -0.25) is 4.79 Å². The van der Waals surface area contributed by atoms with Gasteiger partial charge in [0.15, 0.2) is 5.12 Å². The molecule has 0 fully saturated rings. The molecule has 8 heavy (non-hydrogen) atoms. The summed E-state index contributed by atoms with van der Waals surface area (Å²) in [6, 6.07) is 0. The number of hydrogen-bond acceptors (Lipinski definition) is 2. The van der Waals surface area contributed by atoms with E-state index < -0.39 is 0 Å². The number of thioether (sulfide) groups is 1. The molecule has 0 aliphatic carbocycles. The molecular weight excluding hydrogens is 148 g/mol. The Morgan fingerprint density at radius 3 is 2.38 bits per heavy atom. The second kappa shape index (κ2) is 8.28. The molecule has 0 unspecified atom stereocenters. The van der Waals surface area contributed by atoms with Crippen molar-refractivity contribution in [1.29, 1.82) is 0 Å². The van der Waals surface area contributed by atoms with Crippen molar-refractivity contribution in [3.8, 4) is 0 Å². The van der Waals surface area contributed by atoms with E-state index in [1.807, 2.05) is 13.2 Å². The molecule has 0 aliphatic heterocycles. The van der Waals surface area contributed by atoms with Crippen molar-refractivity contribution in [2.24, 2.45) is 0 Å². The van der Waals surface area contributed by atoms with Crippen molar-refractivity contribution >= 4 is 54.6 Å².